The summed E-state index contributed by atoms with van der Waals surface area (Å²) in [5, 5.41) is 0. The summed E-state index contributed by atoms with van der Waals surface area (Å²) in [5.41, 5.74) is -0.352. The number of halogens is 5. The van der Waals surface area contributed by atoms with Crippen molar-refractivity contribution in [2.45, 2.75) is 0 Å². The van der Waals surface area contributed by atoms with Crippen molar-refractivity contribution in [2.24, 2.45) is 0 Å². The third-order valence-corrected chi connectivity index (χ3v) is 3.69. The summed E-state index contributed by atoms with van der Waals surface area (Å²) in [4.78, 5) is 12.1. The van der Waals surface area contributed by atoms with Crippen LogP contribution < -0.4 is 0 Å². The van der Waals surface area contributed by atoms with Gasteiger partial charge in [0.05, 0.1) is 10.0 Å². The quantitative estimate of drug-likeness (QED) is 0.526. The molecular formula is C13H5Br2F3O. The van der Waals surface area contributed by atoms with Crippen molar-refractivity contribution in [3.63, 3.8) is 0 Å². The fourth-order valence-corrected chi connectivity index (χ4v) is 2.36. The van der Waals surface area contributed by atoms with Gasteiger partial charge < -0.3 is 0 Å². The molecule has 0 N–H and O–H groups in total. The molecule has 0 aliphatic carbocycles. The summed E-state index contributed by atoms with van der Waals surface area (Å²) in [6.45, 7) is 0. The Morgan fingerprint density at radius 3 is 2.16 bits per heavy atom. The number of hydrogen-bond donors (Lipinski definition) is 0. The van der Waals surface area contributed by atoms with E-state index in [2.05, 4.69) is 31.9 Å². The van der Waals surface area contributed by atoms with Crippen LogP contribution in [0.3, 0.4) is 0 Å². The predicted octanol–water partition coefficient (Wildman–Crippen LogP) is 4.86. The van der Waals surface area contributed by atoms with Gasteiger partial charge in [-0.1, -0.05) is 0 Å². The van der Waals surface area contributed by atoms with Crippen LogP contribution >= 0.6 is 31.9 Å². The lowest BCUT2D eigenvalue weighted by Crippen LogP contribution is -2.06. The molecule has 0 saturated carbocycles. The normalized spacial score (nSPS) is 10.6. The number of ketones is 1. The van der Waals surface area contributed by atoms with Gasteiger partial charge in [-0.05, 0) is 62.2 Å². The van der Waals surface area contributed by atoms with Crippen LogP contribution in [0, 0.1) is 17.5 Å². The fraction of sp³-hybridized carbons (Fsp3) is 0. The molecule has 0 aliphatic heterocycles. The highest BCUT2D eigenvalue weighted by molar-refractivity contribution is 9.10. The Kier molecular flexibility index (Phi) is 4.10. The van der Waals surface area contributed by atoms with E-state index in [0.29, 0.717) is 0 Å². The second kappa shape index (κ2) is 5.46. The molecule has 1 nitrogen and oxygen atoms in total. The van der Waals surface area contributed by atoms with Crippen LogP contribution in [-0.2, 0) is 0 Å². The second-order valence-electron chi connectivity index (χ2n) is 3.70. The molecule has 0 aromatic heterocycles. The predicted molar refractivity (Wildman–Crippen MR) is 71.6 cm³/mol. The summed E-state index contributed by atoms with van der Waals surface area (Å²) in [5.74, 6) is -2.86. The van der Waals surface area contributed by atoms with Gasteiger partial charge in [0.2, 0.25) is 0 Å². The Morgan fingerprint density at radius 2 is 1.53 bits per heavy atom. The molecular weight excluding hydrogens is 389 g/mol. The zero-order valence-electron chi connectivity index (χ0n) is 9.18. The molecule has 0 aliphatic rings. The molecule has 19 heavy (non-hydrogen) atoms. The Morgan fingerprint density at radius 1 is 0.842 bits per heavy atom. The molecule has 0 atom stereocenters. The van der Waals surface area contributed by atoms with Gasteiger partial charge in [-0.15, -0.1) is 0 Å². The molecule has 0 spiro atoms. The molecule has 0 unspecified atom stereocenters. The topological polar surface area (TPSA) is 17.1 Å². The first-order valence-electron chi connectivity index (χ1n) is 5.04. The Balaban J connectivity index is 2.53. The Bertz CT molecular complexity index is 671. The average Bonchev–Trinajstić information content (AvgIpc) is 2.33. The summed E-state index contributed by atoms with van der Waals surface area (Å²) in [6, 6.07) is 5.05. The van der Waals surface area contributed by atoms with E-state index < -0.39 is 28.8 Å². The van der Waals surface area contributed by atoms with Crippen LogP contribution in [0.4, 0.5) is 13.2 Å². The molecule has 98 valence electrons. The number of rotatable bonds is 2. The molecule has 6 heteroatoms. The highest BCUT2D eigenvalue weighted by Crippen LogP contribution is 2.25. The van der Waals surface area contributed by atoms with Crippen LogP contribution in [0.1, 0.15) is 15.9 Å². The van der Waals surface area contributed by atoms with E-state index in [0.717, 1.165) is 24.3 Å². The molecule has 0 radical (unpaired) electrons. The summed E-state index contributed by atoms with van der Waals surface area (Å²) in [7, 11) is 0. The van der Waals surface area contributed by atoms with Gasteiger partial charge in [-0.3, -0.25) is 4.79 Å². The van der Waals surface area contributed by atoms with Crippen molar-refractivity contribution in [3.8, 4) is 0 Å². The molecule has 2 rings (SSSR count). The highest BCUT2D eigenvalue weighted by Gasteiger charge is 2.19. The molecule has 0 heterocycles. The number of carbonyl (C=O) groups is 1. The van der Waals surface area contributed by atoms with Crippen LogP contribution in [0.2, 0.25) is 0 Å². The first kappa shape index (κ1) is 14.3. The van der Waals surface area contributed by atoms with Gasteiger partial charge in [-0.2, -0.15) is 0 Å². The van der Waals surface area contributed by atoms with Gasteiger partial charge in [-0.25, -0.2) is 13.2 Å². The minimum absolute atomic E-state index is 0.0574. The lowest BCUT2D eigenvalue weighted by atomic mass is 10.0. The second-order valence-corrected chi connectivity index (χ2v) is 5.41. The van der Waals surface area contributed by atoms with E-state index in [9.17, 15) is 18.0 Å². The van der Waals surface area contributed by atoms with Gasteiger partial charge in [0.15, 0.2) is 5.78 Å². The smallest absolute Gasteiger partial charge is 0.197 e. The minimum Gasteiger partial charge on any atom is -0.288 e. The van der Waals surface area contributed by atoms with E-state index in [1.807, 2.05) is 0 Å². The van der Waals surface area contributed by atoms with Crippen LogP contribution in [0.5, 0.6) is 0 Å². The number of carbonyl (C=O) groups excluding carboxylic acids is 1. The maximum absolute atomic E-state index is 13.7. The van der Waals surface area contributed by atoms with Crippen molar-refractivity contribution in [1.29, 1.82) is 0 Å². The Hall–Kier alpha value is -1.14. The largest absolute Gasteiger partial charge is 0.288 e. The van der Waals surface area contributed by atoms with Crippen molar-refractivity contribution in [1.82, 2.24) is 0 Å². The summed E-state index contributed by atoms with van der Waals surface area (Å²) in [6.07, 6.45) is 0. The van der Waals surface area contributed by atoms with E-state index in [-0.39, 0.29) is 14.5 Å². The Labute approximate surface area is 123 Å². The van der Waals surface area contributed by atoms with E-state index in [1.165, 1.54) is 6.07 Å². The van der Waals surface area contributed by atoms with Crippen molar-refractivity contribution in [2.75, 3.05) is 0 Å². The standard InChI is InChI=1S/C13H5Br2F3O/c14-9-3-6(16)1-2-7(9)13(19)8-4-12(18)10(15)5-11(8)17/h1-5H. The summed E-state index contributed by atoms with van der Waals surface area (Å²) < 4.78 is 40.1. The van der Waals surface area contributed by atoms with Gasteiger partial charge in [0.1, 0.15) is 17.5 Å². The molecule has 0 fully saturated rings. The van der Waals surface area contributed by atoms with E-state index in [1.54, 1.807) is 0 Å². The van der Waals surface area contributed by atoms with Crippen molar-refractivity contribution < 1.29 is 18.0 Å². The maximum atomic E-state index is 13.7. The highest BCUT2D eigenvalue weighted by atomic mass is 79.9. The molecule has 0 saturated heterocycles. The third-order valence-electron chi connectivity index (χ3n) is 2.43. The number of hydrogen-bond acceptors (Lipinski definition) is 1. The van der Waals surface area contributed by atoms with Gasteiger partial charge in [0, 0.05) is 10.0 Å². The van der Waals surface area contributed by atoms with Gasteiger partial charge >= 0.3 is 0 Å². The zero-order chi connectivity index (χ0) is 14.2. The SMILES string of the molecule is O=C(c1cc(F)c(Br)cc1F)c1ccc(F)cc1Br. The first-order valence-corrected chi connectivity index (χ1v) is 6.63. The average molecular weight is 394 g/mol. The third kappa shape index (κ3) is 2.90. The lowest BCUT2D eigenvalue weighted by molar-refractivity contribution is 0.103. The van der Waals surface area contributed by atoms with E-state index in [4.69, 9.17) is 0 Å². The molecule has 0 amide bonds. The van der Waals surface area contributed by atoms with Crippen LogP contribution in [0.15, 0.2) is 39.3 Å². The van der Waals surface area contributed by atoms with Crippen LogP contribution in [-0.4, -0.2) is 5.78 Å². The fourth-order valence-electron chi connectivity index (χ4n) is 1.52. The molecule has 2 aromatic carbocycles. The summed E-state index contributed by atoms with van der Waals surface area (Å²) >= 11 is 5.84. The number of benzene rings is 2. The van der Waals surface area contributed by atoms with Crippen LogP contribution in [0.25, 0.3) is 0 Å². The maximum Gasteiger partial charge on any atom is 0.197 e. The van der Waals surface area contributed by atoms with E-state index >= 15 is 0 Å². The van der Waals surface area contributed by atoms with Crippen molar-refractivity contribution in [3.05, 3.63) is 67.9 Å². The zero-order valence-corrected chi connectivity index (χ0v) is 12.4. The first-order chi connectivity index (χ1) is 8.90. The minimum atomic E-state index is -0.852. The lowest BCUT2D eigenvalue weighted by Gasteiger charge is -2.06. The molecule has 2 aromatic rings. The van der Waals surface area contributed by atoms with Gasteiger partial charge in [0.25, 0.3) is 0 Å². The molecule has 0 bridgehead atoms. The monoisotopic (exact) mass is 392 g/mol. The van der Waals surface area contributed by atoms with Crippen molar-refractivity contribution >= 4 is 37.6 Å².